The van der Waals surface area contributed by atoms with Gasteiger partial charge in [-0.1, -0.05) is 17.7 Å². The van der Waals surface area contributed by atoms with Gasteiger partial charge in [0.2, 0.25) is 5.96 Å². The number of nitrogens with one attached hydrogen (secondary N) is 2. The normalized spacial score (nSPS) is 11.1. The summed E-state index contributed by atoms with van der Waals surface area (Å²) in [6.45, 7) is 5.63. The molecule has 9 heteroatoms. The van der Waals surface area contributed by atoms with Crippen molar-refractivity contribution in [2.75, 3.05) is 5.32 Å². The van der Waals surface area contributed by atoms with E-state index in [4.69, 9.17) is 0 Å². The van der Waals surface area contributed by atoms with Crippen molar-refractivity contribution in [3.63, 3.8) is 0 Å². The van der Waals surface area contributed by atoms with E-state index in [-0.39, 0.29) is 23.2 Å². The molecule has 3 aromatic rings. The van der Waals surface area contributed by atoms with Gasteiger partial charge in [0.15, 0.2) is 0 Å². The van der Waals surface area contributed by atoms with Crippen LogP contribution in [0, 0.1) is 30.9 Å². The molecule has 2 N–H and O–H groups in total. The first-order valence-electron chi connectivity index (χ1n) is 9.10. The van der Waals surface area contributed by atoms with Gasteiger partial charge >= 0.3 is 0 Å². The lowest BCUT2D eigenvalue weighted by atomic mass is 10.2. The highest BCUT2D eigenvalue weighted by atomic mass is 16.6. The fraction of sp³-hybridized carbons (Fsp3) is 0.143. The molecule has 0 saturated heterocycles. The fourth-order valence-electron chi connectivity index (χ4n) is 2.63. The van der Waals surface area contributed by atoms with Gasteiger partial charge in [0.05, 0.1) is 4.92 Å². The summed E-state index contributed by atoms with van der Waals surface area (Å²) in [5.74, 6) is -0.147. The molecule has 0 unspecified atom stereocenters. The Kier molecular flexibility index (Phi) is 6.11. The third kappa shape index (κ3) is 5.44. The van der Waals surface area contributed by atoms with E-state index in [2.05, 4.69) is 25.6 Å². The summed E-state index contributed by atoms with van der Waals surface area (Å²) in [5, 5.41) is 16.5. The minimum atomic E-state index is -0.523. The number of aryl methyl sites for hydroxylation is 3. The van der Waals surface area contributed by atoms with Gasteiger partial charge in [-0.25, -0.2) is 9.97 Å². The van der Waals surface area contributed by atoms with Crippen molar-refractivity contribution in [1.29, 1.82) is 0 Å². The smallest absolute Gasteiger partial charge is 0.269 e. The number of hydrogen-bond donors (Lipinski definition) is 2. The Morgan fingerprint density at radius 2 is 1.57 bits per heavy atom. The molecule has 30 heavy (non-hydrogen) atoms. The van der Waals surface area contributed by atoms with E-state index in [9.17, 15) is 14.9 Å². The second-order valence-electron chi connectivity index (χ2n) is 6.66. The van der Waals surface area contributed by atoms with Gasteiger partial charge in [0.1, 0.15) is 0 Å². The number of amides is 1. The molecular weight excluding hydrogens is 384 g/mol. The Bertz CT molecular complexity index is 1090. The summed E-state index contributed by atoms with van der Waals surface area (Å²) in [5.41, 5.74) is 3.46. The highest BCUT2D eigenvalue weighted by Gasteiger charge is 2.13. The van der Waals surface area contributed by atoms with Crippen LogP contribution >= 0.6 is 0 Å². The van der Waals surface area contributed by atoms with Crippen LogP contribution in [0.2, 0.25) is 0 Å². The Morgan fingerprint density at radius 3 is 2.13 bits per heavy atom. The third-order valence-electron chi connectivity index (χ3n) is 4.07. The number of nitro benzene ring substituents is 1. The molecule has 3 rings (SSSR count). The number of guanidine groups is 1. The van der Waals surface area contributed by atoms with Crippen LogP contribution in [0.25, 0.3) is 0 Å². The fourth-order valence-corrected chi connectivity index (χ4v) is 2.63. The van der Waals surface area contributed by atoms with Crippen LogP contribution in [-0.2, 0) is 0 Å². The van der Waals surface area contributed by atoms with E-state index in [1.165, 1.54) is 24.3 Å². The minimum Gasteiger partial charge on any atom is -0.326 e. The lowest BCUT2D eigenvalue weighted by molar-refractivity contribution is -0.384. The van der Waals surface area contributed by atoms with Crippen molar-refractivity contribution in [3.8, 4) is 0 Å². The lowest BCUT2D eigenvalue weighted by Gasteiger charge is -2.12. The Hall–Kier alpha value is -4.14. The predicted octanol–water partition coefficient (Wildman–Crippen LogP) is 3.84. The maximum atomic E-state index is 12.7. The zero-order valence-electron chi connectivity index (χ0n) is 16.7. The van der Waals surface area contributed by atoms with Gasteiger partial charge in [-0.15, -0.1) is 0 Å². The lowest BCUT2D eigenvalue weighted by Crippen LogP contribution is -2.36. The average Bonchev–Trinajstić information content (AvgIpc) is 2.69. The Labute approximate surface area is 173 Å². The Morgan fingerprint density at radius 1 is 0.967 bits per heavy atom. The van der Waals surface area contributed by atoms with E-state index in [0.717, 1.165) is 17.0 Å². The molecule has 1 heterocycles. The van der Waals surface area contributed by atoms with Crippen LogP contribution in [0.15, 0.2) is 59.6 Å². The summed E-state index contributed by atoms with van der Waals surface area (Å²) in [7, 11) is 0. The minimum absolute atomic E-state index is 0.0955. The monoisotopic (exact) mass is 404 g/mol. The molecule has 0 atom stereocenters. The quantitative estimate of drug-likeness (QED) is 0.295. The molecule has 1 aromatic heterocycles. The van der Waals surface area contributed by atoms with E-state index in [0.29, 0.717) is 5.69 Å². The number of benzene rings is 2. The van der Waals surface area contributed by atoms with Crippen LogP contribution in [0.3, 0.4) is 0 Å². The molecule has 0 aliphatic carbocycles. The summed E-state index contributed by atoms with van der Waals surface area (Å²) < 4.78 is 0. The molecule has 0 aliphatic heterocycles. The highest BCUT2D eigenvalue weighted by molar-refractivity contribution is 6.10. The van der Waals surface area contributed by atoms with E-state index >= 15 is 0 Å². The van der Waals surface area contributed by atoms with Crippen LogP contribution < -0.4 is 10.6 Å². The SMILES string of the molecule is Cc1ccc(NC(=Nc2nc(C)cc(C)n2)NC(=O)c2ccc([N+](=O)[O-])cc2)cc1. The van der Waals surface area contributed by atoms with Gasteiger partial charge < -0.3 is 5.32 Å². The van der Waals surface area contributed by atoms with Crippen molar-refractivity contribution in [2.45, 2.75) is 20.8 Å². The molecule has 0 fully saturated rings. The number of aliphatic imine (C=N–C) groups is 1. The molecule has 1 amide bonds. The van der Waals surface area contributed by atoms with Gasteiger partial charge in [-0.2, -0.15) is 4.99 Å². The first kappa shape index (κ1) is 20.6. The number of aromatic nitrogens is 2. The number of anilines is 1. The second-order valence-corrected chi connectivity index (χ2v) is 6.66. The number of nitrogens with zero attached hydrogens (tertiary/aromatic N) is 4. The standard InChI is InChI=1S/C21H20N6O3/c1-13-4-8-17(9-5-13)24-21(26-20-22-14(2)12-15(3)23-20)25-19(28)16-6-10-18(11-7-16)27(29)30/h4-12H,1-3H3,(H2,22,23,24,25,26,28). The third-order valence-corrected chi connectivity index (χ3v) is 4.07. The summed E-state index contributed by atoms with van der Waals surface area (Å²) in [6.07, 6.45) is 0. The van der Waals surface area contributed by atoms with Gasteiger partial charge in [0, 0.05) is 34.8 Å². The Balaban J connectivity index is 1.89. The largest absolute Gasteiger partial charge is 0.326 e. The molecule has 0 radical (unpaired) electrons. The first-order valence-corrected chi connectivity index (χ1v) is 9.10. The van der Waals surface area contributed by atoms with Crippen LogP contribution in [0.1, 0.15) is 27.3 Å². The van der Waals surface area contributed by atoms with Crippen LogP contribution in [0.4, 0.5) is 17.3 Å². The molecule has 152 valence electrons. The molecule has 0 spiro atoms. The summed E-state index contributed by atoms with van der Waals surface area (Å²) in [6, 6.07) is 14.7. The van der Waals surface area contributed by atoms with Crippen molar-refractivity contribution < 1.29 is 9.72 Å². The van der Waals surface area contributed by atoms with Crippen LogP contribution in [0.5, 0.6) is 0 Å². The molecule has 2 aromatic carbocycles. The zero-order valence-corrected chi connectivity index (χ0v) is 16.7. The van der Waals surface area contributed by atoms with Crippen LogP contribution in [-0.4, -0.2) is 26.8 Å². The van der Waals surface area contributed by atoms with Gasteiger partial charge in [-0.3, -0.25) is 20.2 Å². The van der Waals surface area contributed by atoms with Gasteiger partial charge in [0.25, 0.3) is 17.5 Å². The summed E-state index contributed by atoms with van der Waals surface area (Å²) >= 11 is 0. The second kappa shape index (κ2) is 8.91. The maximum absolute atomic E-state index is 12.7. The number of hydrogen-bond acceptors (Lipinski definition) is 6. The number of nitro groups is 1. The molecular formula is C21H20N6O3. The number of rotatable bonds is 4. The number of carbonyl (C=O) groups excluding carboxylic acids is 1. The highest BCUT2D eigenvalue weighted by Crippen LogP contribution is 2.14. The average molecular weight is 404 g/mol. The predicted molar refractivity (Wildman–Crippen MR) is 114 cm³/mol. The van der Waals surface area contributed by atoms with Crippen molar-refractivity contribution in [1.82, 2.24) is 15.3 Å². The molecule has 0 bridgehead atoms. The topological polar surface area (TPSA) is 122 Å². The number of carbonyl (C=O) groups is 1. The number of non-ortho nitro benzene ring substituents is 1. The molecule has 0 aliphatic rings. The maximum Gasteiger partial charge on any atom is 0.269 e. The van der Waals surface area contributed by atoms with Crippen molar-refractivity contribution >= 4 is 29.2 Å². The van der Waals surface area contributed by atoms with Crippen molar-refractivity contribution in [3.05, 3.63) is 87.2 Å². The van der Waals surface area contributed by atoms with E-state index in [1.807, 2.05) is 51.1 Å². The summed E-state index contributed by atoms with van der Waals surface area (Å²) in [4.78, 5) is 35.9. The first-order chi connectivity index (χ1) is 14.3. The van der Waals surface area contributed by atoms with Crippen molar-refractivity contribution in [2.24, 2.45) is 4.99 Å². The van der Waals surface area contributed by atoms with E-state index in [1.54, 1.807) is 0 Å². The molecule has 9 nitrogen and oxygen atoms in total. The zero-order chi connectivity index (χ0) is 21.7. The van der Waals surface area contributed by atoms with Gasteiger partial charge in [-0.05, 0) is 51.1 Å². The molecule has 0 saturated carbocycles. The van der Waals surface area contributed by atoms with E-state index < -0.39 is 10.8 Å².